The summed E-state index contributed by atoms with van der Waals surface area (Å²) in [5.41, 5.74) is 0.984. The molecule has 2 amide bonds. The number of aromatic nitrogens is 1. The lowest BCUT2D eigenvalue weighted by Crippen LogP contribution is -2.42. The number of methoxy groups -OCH3 is 2. The van der Waals surface area contributed by atoms with Gasteiger partial charge in [0, 0.05) is 22.6 Å². The van der Waals surface area contributed by atoms with E-state index in [1.807, 2.05) is 18.2 Å². The Kier molecular flexibility index (Phi) is 5.26. The molecule has 3 fully saturated rings. The highest BCUT2D eigenvalue weighted by Crippen LogP contribution is 2.68. The van der Waals surface area contributed by atoms with Crippen molar-refractivity contribution in [3.05, 3.63) is 38.3 Å². The molecule has 1 saturated heterocycles. The third-order valence-electron chi connectivity index (χ3n) is 8.13. The Morgan fingerprint density at radius 3 is 2.51 bits per heavy atom. The van der Waals surface area contributed by atoms with Crippen LogP contribution in [0.15, 0.2) is 28.0 Å². The zero-order chi connectivity index (χ0) is 24.6. The number of ether oxygens (including phenoxy) is 2. The predicted molar refractivity (Wildman–Crippen MR) is 127 cm³/mol. The van der Waals surface area contributed by atoms with E-state index in [1.165, 1.54) is 16.2 Å². The van der Waals surface area contributed by atoms with Crippen molar-refractivity contribution >= 4 is 40.9 Å². The molecule has 2 aliphatic heterocycles. The number of carboxylic acids is 1. The van der Waals surface area contributed by atoms with Crippen LogP contribution in [0, 0.1) is 29.6 Å². The summed E-state index contributed by atoms with van der Waals surface area (Å²) < 4.78 is 11.0. The van der Waals surface area contributed by atoms with E-state index in [1.54, 1.807) is 26.0 Å². The highest BCUT2D eigenvalue weighted by molar-refractivity contribution is 8.00. The number of carboxylic acid groups (broad SMARTS) is 1. The minimum absolute atomic E-state index is 0.00507. The van der Waals surface area contributed by atoms with E-state index in [0.29, 0.717) is 11.5 Å². The van der Waals surface area contributed by atoms with E-state index in [2.05, 4.69) is 4.98 Å². The first kappa shape index (κ1) is 22.7. The quantitative estimate of drug-likeness (QED) is 0.561. The van der Waals surface area contributed by atoms with E-state index in [-0.39, 0.29) is 58.6 Å². The monoisotopic (exact) mass is 516 g/mol. The van der Waals surface area contributed by atoms with Gasteiger partial charge in [0.25, 0.3) is 0 Å². The van der Waals surface area contributed by atoms with Crippen LogP contribution in [0.25, 0.3) is 0 Å². The van der Waals surface area contributed by atoms with Gasteiger partial charge in [0.2, 0.25) is 11.8 Å². The minimum Gasteiger partial charge on any atom is -0.493 e. The number of aliphatic carboxylic acids is 1. The topological polar surface area (TPSA) is 126 Å². The number of fused-ring (bicyclic) bond motifs is 9. The Hall–Kier alpha value is -2.79. The van der Waals surface area contributed by atoms with Gasteiger partial charge in [0.15, 0.2) is 11.5 Å². The highest BCUT2D eigenvalue weighted by atomic mass is 32.2. The molecular formula is C24H24N2O7S2. The summed E-state index contributed by atoms with van der Waals surface area (Å²) >= 11 is 2.82. The second kappa shape index (κ2) is 8.12. The first-order chi connectivity index (χ1) is 16.8. The van der Waals surface area contributed by atoms with Gasteiger partial charge in [0.1, 0.15) is 0 Å². The fourth-order valence-electron chi connectivity index (χ4n) is 6.93. The van der Waals surface area contributed by atoms with Crippen molar-refractivity contribution in [2.75, 3.05) is 20.8 Å². The Morgan fingerprint density at radius 2 is 1.83 bits per heavy atom. The molecule has 7 atom stereocenters. The van der Waals surface area contributed by atoms with Crippen molar-refractivity contribution in [2.24, 2.45) is 29.6 Å². The number of hydrogen-bond donors (Lipinski definition) is 2. The van der Waals surface area contributed by atoms with Crippen LogP contribution in [-0.4, -0.2) is 58.8 Å². The number of carbonyl (C=O) groups is 3. The number of thiazole rings is 1. The van der Waals surface area contributed by atoms with Crippen LogP contribution in [-0.2, 0) is 14.4 Å². The number of nitrogens with zero attached hydrogens (tertiary/aromatic N) is 1. The van der Waals surface area contributed by atoms with Crippen LogP contribution >= 0.6 is 23.1 Å². The molecule has 1 aromatic heterocycles. The summed E-state index contributed by atoms with van der Waals surface area (Å²) in [5.74, 6) is -1.20. The molecule has 1 aromatic carbocycles. The fourth-order valence-corrected chi connectivity index (χ4v) is 9.81. The van der Waals surface area contributed by atoms with Gasteiger partial charge in [-0.3, -0.25) is 24.1 Å². The van der Waals surface area contributed by atoms with Gasteiger partial charge >= 0.3 is 10.8 Å². The lowest BCUT2D eigenvalue weighted by molar-refractivity contribution is -0.142. The summed E-state index contributed by atoms with van der Waals surface area (Å²) in [6.07, 6.45) is 0.533. The molecule has 3 heterocycles. The van der Waals surface area contributed by atoms with Crippen molar-refractivity contribution in [2.45, 2.75) is 29.0 Å². The summed E-state index contributed by atoms with van der Waals surface area (Å²) in [4.78, 5) is 55.1. The molecule has 2 bridgehead atoms. The van der Waals surface area contributed by atoms with E-state index >= 15 is 0 Å². The van der Waals surface area contributed by atoms with E-state index in [9.17, 15) is 19.2 Å². The van der Waals surface area contributed by atoms with E-state index < -0.39 is 17.8 Å². The second-order valence-corrected chi connectivity index (χ2v) is 11.7. The molecule has 0 spiro atoms. The molecule has 184 valence electrons. The highest BCUT2D eigenvalue weighted by Gasteiger charge is 2.69. The average Bonchev–Trinajstić information content (AvgIpc) is 3.56. The third-order valence-corrected chi connectivity index (χ3v) is 10.7. The van der Waals surface area contributed by atoms with Gasteiger partial charge in [-0.25, -0.2) is 0 Å². The molecule has 2 aromatic rings. The predicted octanol–water partition coefficient (Wildman–Crippen LogP) is 2.40. The summed E-state index contributed by atoms with van der Waals surface area (Å²) in [6, 6.07) is 5.78. The first-order valence-electron chi connectivity index (χ1n) is 11.5. The number of nitrogens with one attached hydrogen (secondary N) is 1. The zero-order valence-corrected chi connectivity index (χ0v) is 20.7. The van der Waals surface area contributed by atoms with Gasteiger partial charge in [-0.1, -0.05) is 17.4 Å². The van der Waals surface area contributed by atoms with Crippen molar-refractivity contribution in [3.63, 3.8) is 0 Å². The number of carbonyl (C=O) groups excluding carboxylic acids is 2. The minimum atomic E-state index is -1.03. The number of imide groups is 1. The second-order valence-electron chi connectivity index (χ2n) is 9.55. The van der Waals surface area contributed by atoms with Gasteiger partial charge in [-0.2, -0.15) is 0 Å². The standard InChI is InChI=1S/C24H24N2O7S2/c1-32-12-4-3-9(7-13(12)33-2)15-16-10-8-11(19(16)34-21-20(15)35-24(31)25-21)18-17(10)22(29)26(23(18)30)6-5-14(27)28/h3-4,7,10-11,15-19H,5-6,8H2,1-2H3,(H,25,31)(H,27,28)/t10?,11?,15-,16?,17?,18?,19?/m1/s1. The molecule has 2 aliphatic carbocycles. The molecule has 2 N–H and O–H groups in total. The maximum Gasteiger partial charge on any atom is 0.305 e. The van der Waals surface area contributed by atoms with Gasteiger partial charge in [-0.05, 0) is 41.9 Å². The van der Waals surface area contributed by atoms with Crippen LogP contribution in [0.1, 0.15) is 29.2 Å². The molecule has 9 nitrogen and oxygen atoms in total. The Balaban J connectivity index is 1.42. The summed E-state index contributed by atoms with van der Waals surface area (Å²) in [6.45, 7) is -0.0817. The van der Waals surface area contributed by atoms with E-state index in [4.69, 9.17) is 14.6 Å². The largest absolute Gasteiger partial charge is 0.493 e. The average molecular weight is 517 g/mol. The molecule has 35 heavy (non-hydrogen) atoms. The number of aromatic amines is 1. The Labute approximate surface area is 208 Å². The summed E-state index contributed by atoms with van der Waals surface area (Å²) in [7, 11) is 3.16. The molecule has 0 radical (unpaired) electrons. The van der Waals surface area contributed by atoms with Gasteiger partial charge in [-0.15, -0.1) is 11.8 Å². The lowest BCUT2D eigenvalue weighted by Gasteiger charge is -2.43. The number of amides is 2. The number of likely N-dealkylation sites (tertiary alicyclic amines) is 1. The fraction of sp³-hybridized carbons (Fsp3) is 0.500. The van der Waals surface area contributed by atoms with Crippen molar-refractivity contribution in [3.8, 4) is 11.5 Å². The van der Waals surface area contributed by atoms with Crippen LogP contribution in [0.5, 0.6) is 11.5 Å². The smallest absolute Gasteiger partial charge is 0.305 e. The molecule has 6 unspecified atom stereocenters. The molecule has 4 aliphatic rings. The number of H-pyrrole nitrogens is 1. The first-order valence-corrected chi connectivity index (χ1v) is 13.2. The van der Waals surface area contributed by atoms with Crippen LogP contribution in [0.2, 0.25) is 0 Å². The van der Waals surface area contributed by atoms with Crippen LogP contribution in [0.4, 0.5) is 0 Å². The van der Waals surface area contributed by atoms with Gasteiger partial charge in [0.05, 0.1) is 37.5 Å². The van der Waals surface area contributed by atoms with Gasteiger partial charge < -0.3 is 19.6 Å². The molecule has 11 heteroatoms. The van der Waals surface area contributed by atoms with Crippen molar-refractivity contribution in [1.82, 2.24) is 9.88 Å². The summed E-state index contributed by atoms with van der Waals surface area (Å²) in [5, 5.41) is 9.99. The molecular weight excluding hydrogens is 492 g/mol. The maximum absolute atomic E-state index is 13.4. The molecule has 2 saturated carbocycles. The maximum atomic E-state index is 13.4. The van der Waals surface area contributed by atoms with Crippen molar-refractivity contribution < 1.29 is 29.0 Å². The lowest BCUT2D eigenvalue weighted by atomic mass is 9.68. The normalized spacial score (nSPS) is 32.4. The number of benzene rings is 1. The van der Waals surface area contributed by atoms with E-state index in [0.717, 1.165) is 21.9 Å². The SMILES string of the molecule is COc1ccc([C@H]2c3sc(=O)[nH]c3SC3C4CC(C5C(=O)N(CCC(=O)O)C(=O)C45)C32)cc1OC. The molecule has 6 rings (SSSR count). The Morgan fingerprint density at radius 1 is 1.11 bits per heavy atom. The number of rotatable bonds is 6. The third kappa shape index (κ3) is 3.20. The van der Waals surface area contributed by atoms with Crippen LogP contribution in [0.3, 0.4) is 0 Å². The zero-order valence-electron chi connectivity index (χ0n) is 19.1. The van der Waals surface area contributed by atoms with Crippen molar-refractivity contribution in [1.29, 1.82) is 0 Å². The number of thioether (sulfide) groups is 1. The van der Waals surface area contributed by atoms with Crippen LogP contribution < -0.4 is 14.3 Å². The number of hydrogen-bond acceptors (Lipinski definition) is 8. The Bertz CT molecular complexity index is 1300.